The van der Waals surface area contributed by atoms with Crippen LogP contribution in [0.2, 0.25) is 0 Å². The number of nitrogens with one attached hydrogen (secondary N) is 1. The van der Waals surface area contributed by atoms with Crippen LogP contribution < -0.4 is 10.1 Å². The molecule has 0 saturated heterocycles. The fourth-order valence-electron chi connectivity index (χ4n) is 4.59. The van der Waals surface area contributed by atoms with Gasteiger partial charge in [-0.3, -0.25) is 0 Å². The topological polar surface area (TPSA) is 21.3 Å². The van der Waals surface area contributed by atoms with Gasteiger partial charge in [-0.1, -0.05) is 18.6 Å². The molecule has 0 amide bonds. The molecule has 2 saturated carbocycles. The van der Waals surface area contributed by atoms with E-state index in [1.165, 1.54) is 30.4 Å². The molecule has 4 atom stereocenters. The SMILES string of the molecule is CNC(c1ccc2c(c1)CC(C)O2)C1C2CCCC21. The van der Waals surface area contributed by atoms with Crippen molar-refractivity contribution in [2.75, 3.05) is 7.05 Å². The highest BCUT2D eigenvalue weighted by molar-refractivity contribution is 5.42. The van der Waals surface area contributed by atoms with Gasteiger partial charge in [0.1, 0.15) is 11.9 Å². The second kappa shape index (κ2) is 4.24. The van der Waals surface area contributed by atoms with Gasteiger partial charge < -0.3 is 10.1 Å². The van der Waals surface area contributed by atoms with Crippen molar-refractivity contribution in [3.63, 3.8) is 0 Å². The summed E-state index contributed by atoms with van der Waals surface area (Å²) in [5.41, 5.74) is 2.87. The minimum Gasteiger partial charge on any atom is -0.490 e. The van der Waals surface area contributed by atoms with E-state index >= 15 is 0 Å². The molecule has 19 heavy (non-hydrogen) atoms. The molecule has 102 valence electrons. The average Bonchev–Trinajstić information content (AvgIpc) is 2.79. The van der Waals surface area contributed by atoms with Crippen LogP contribution >= 0.6 is 0 Å². The van der Waals surface area contributed by atoms with Gasteiger partial charge in [-0.15, -0.1) is 0 Å². The first-order valence-electron chi connectivity index (χ1n) is 7.74. The van der Waals surface area contributed by atoms with Crippen LogP contribution in [0.15, 0.2) is 18.2 Å². The standard InChI is InChI=1S/C17H23NO/c1-10-8-12-9-11(6-7-15(12)19-10)17(18-2)16-13-4-3-5-14(13)16/h6-7,9-10,13-14,16-18H,3-5,8H2,1-2H3. The van der Waals surface area contributed by atoms with E-state index in [2.05, 4.69) is 37.5 Å². The maximum absolute atomic E-state index is 5.81. The van der Waals surface area contributed by atoms with E-state index in [1.54, 1.807) is 0 Å². The molecule has 1 heterocycles. The molecule has 0 aromatic heterocycles. The molecule has 1 aromatic rings. The zero-order chi connectivity index (χ0) is 13.0. The molecular weight excluding hydrogens is 234 g/mol. The van der Waals surface area contributed by atoms with E-state index in [0.717, 1.165) is 29.9 Å². The lowest BCUT2D eigenvalue weighted by molar-refractivity contribution is 0.254. The molecule has 3 aliphatic rings. The van der Waals surface area contributed by atoms with Crippen LogP contribution in [0.5, 0.6) is 5.75 Å². The Balaban J connectivity index is 1.59. The van der Waals surface area contributed by atoms with Crippen molar-refractivity contribution in [1.29, 1.82) is 0 Å². The summed E-state index contributed by atoms with van der Waals surface area (Å²) in [5.74, 6) is 3.99. The van der Waals surface area contributed by atoms with E-state index in [1.807, 2.05) is 0 Å². The van der Waals surface area contributed by atoms with Gasteiger partial charge in [0.25, 0.3) is 0 Å². The van der Waals surface area contributed by atoms with Gasteiger partial charge in [-0.25, -0.2) is 0 Å². The molecule has 0 spiro atoms. The predicted molar refractivity (Wildman–Crippen MR) is 76.4 cm³/mol. The lowest BCUT2D eigenvalue weighted by Gasteiger charge is -2.19. The highest BCUT2D eigenvalue weighted by Gasteiger charge is 2.55. The minimum atomic E-state index is 0.346. The van der Waals surface area contributed by atoms with Gasteiger partial charge in [-0.05, 0) is 61.8 Å². The van der Waals surface area contributed by atoms with E-state index in [0.29, 0.717) is 12.1 Å². The molecule has 4 rings (SSSR count). The highest BCUT2D eigenvalue weighted by Crippen LogP contribution is 2.62. The van der Waals surface area contributed by atoms with Crippen molar-refractivity contribution >= 4 is 0 Å². The molecule has 2 heteroatoms. The molecule has 1 N–H and O–H groups in total. The molecule has 0 bridgehead atoms. The maximum Gasteiger partial charge on any atom is 0.123 e. The number of ether oxygens (including phenoxy) is 1. The Bertz CT molecular complexity index is 488. The quantitative estimate of drug-likeness (QED) is 0.897. The largest absolute Gasteiger partial charge is 0.490 e. The lowest BCUT2D eigenvalue weighted by Crippen LogP contribution is -2.20. The Labute approximate surface area is 115 Å². The summed E-state index contributed by atoms with van der Waals surface area (Å²) in [5, 5.41) is 3.57. The summed E-state index contributed by atoms with van der Waals surface area (Å²) in [7, 11) is 2.12. The number of hydrogen-bond donors (Lipinski definition) is 1. The number of benzene rings is 1. The van der Waals surface area contributed by atoms with Gasteiger partial charge in [0.15, 0.2) is 0 Å². The van der Waals surface area contributed by atoms with E-state index in [-0.39, 0.29) is 0 Å². The fourth-order valence-corrected chi connectivity index (χ4v) is 4.59. The molecular formula is C17H23NO. The van der Waals surface area contributed by atoms with Crippen LogP contribution in [0, 0.1) is 17.8 Å². The molecule has 1 aromatic carbocycles. The normalized spacial score (nSPS) is 36.5. The molecule has 4 unspecified atom stereocenters. The van der Waals surface area contributed by atoms with Crippen LogP contribution in [0.25, 0.3) is 0 Å². The van der Waals surface area contributed by atoms with Crippen molar-refractivity contribution in [2.24, 2.45) is 17.8 Å². The van der Waals surface area contributed by atoms with Crippen LogP contribution in [0.3, 0.4) is 0 Å². The Hall–Kier alpha value is -1.02. The first-order valence-corrected chi connectivity index (χ1v) is 7.74. The van der Waals surface area contributed by atoms with Gasteiger partial charge in [0.05, 0.1) is 0 Å². The first-order chi connectivity index (χ1) is 9.28. The third kappa shape index (κ3) is 1.80. The molecule has 2 nitrogen and oxygen atoms in total. The number of fused-ring (bicyclic) bond motifs is 2. The third-order valence-electron chi connectivity index (χ3n) is 5.45. The van der Waals surface area contributed by atoms with Gasteiger partial charge in [0.2, 0.25) is 0 Å². The van der Waals surface area contributed by atoms with Crippen molar-refractivity contribution in [3.05, 3.63) is 29.3 Å². The zero-order valence-corrected chi connectivity index (χ0v) is 11.9. The average molecular weight is 257 g/mol. The third-order valence-corrected chi connectivity index (χ3v) is 5.45. The van der Waals surface area contributed by atoms with Crippen LogP contribution in [0.1, 0.15) is 43.4 Å². The summed E-state index contributed by atoms with van der Waals surface area (Å²) >= 11 is 0. The van der Waals surface area contributed by atoms with Gasteiger partial charge in [-0.2, -0.15) is 0 Å². The van der Waals surface area contributed by atoms with Crippen molar-refractivity contribution in [2.45, 2.75) is 44.8 Å². The lowest BCUT2D eigenvalue weighted by atomic mass is 9.95. The van der Waals surface area contributed by atoms with Crippen molar-refractivity contribution < 1.29 is 4.74 Å². The van der Waals surface area contributed by atoms with Crippen molar-refractivity contribution in [3.8, 4) is 5.75 Å². The Morgan fingerprint density at radius 2 is 2.05 bits per heavy atom. The predicted octanol–water partition coefficient (Wildman–Crippen LogP) is 3.32. The zero-order valence-electron chi connectivity index (χ0n) is 11.9. The Morgan fingerprint density at radius 3 is 2.79 bits per heavy atom. The maximum atomic E-state index is 5.81. The van der Waals surface area contributed by atoms with Crippen LogP contribution in [0.4, 0.5) is 0 Å². The van der Waals surface area contributed by atoms with E-state index in [9.17, 15) is 0 Å². The van der Waals surface area contributed by atoms with E-state index < -0.39 is 0 Å². The van der Waals surface area contributed by atoms with E-state index in [4.69, 9.17) is 4.74 Å². The molecule has 2 fully saturated rings. The number of rotatable bonds is 3. The fraction of sp³-hybridized carbons (Fsp3) is 0.647. The van der Waals surface area contributed by atoms with Gasteiger partial charge in [0, 0.05) is 12.5 Å². The Morgan fingerprint density at radius 1 is 1.26 bits per heavy atom. The smallest absolute Gasteiger partial charge is 0.123 e. The molecule has 1 aliphatic heterocycles. The molecule has 0 radical (unpaired) electrons. The van der Waals surface area contributed by atoms with Gasteiger partial charge >= 0.3 is 0 Å². The highest BCUT2D eigenvalue weighted by atomic mass is 16.5. The number of hydrogen-bond acceptors (Lipinski definition) is 2. The summed E-state index contributed by atoms with van der Waals surface area (Å²) in [6.07, 6.45) is 5.78. The second-order valence-electron chi connectivity index (χ2n) is 6.60. The summed E-state index contributed by atoms with van der Waals surface area (Å²) in [4.78, 5) is 0. The monoisotopic (exact) mass is 257 g/mol. The first kappa shape index (κ1) is 11.8. The minimum absolute atomic E-state index is 0.346. The summed E-state index contributed by atoms with van der Waals surface area (Å²) in [6, 6.07) is 7.38. The van der Waals surface area contributed by atoms with Crippen LogP contribution in [-0.4, -0.2) is 13.2 Å². The van der Waals surface area contributed by atoms with Crippen molar-refractivity contribution in [1.82, 2.24) is 5.32 Å². The summed E-state index contributed by atoms with van der Waals surface area (Å²) in [6.45, 7) is 2.15. The Kier molecular flexibility index (Phi) is 2.63. The van der Waals surface area contributed by atoms with Crippen LogP contribution in [-0.2, 0) is 6.42 Å². The second-order valence-corrected chi connectivity index (χ2v) is 6.60. The molecule has 2 aliphatic carbocycles. The summed E-state index contributed by atoms with van der Waals surface area (Å²) < 4.78 is 5.81.